The highest BCUT2D eigenvalue weighted by atomic mass is 16.6. The Kier molecular flexibility index (Phi) is 4.00. The summed E-state index contributed by atoms with van der Waals surface area (Å²) in [6, 6.07) is 6.73. The Morgan fingerprint density at radius 2 is 2.26 bits per heavy atom. The third-order valence-electron chi connectivity index (χ3n) is 3.33. The number of hydrogen-bond acceptors (Lipinski definition) is 4. The van der Waals surface area contributed by atoms with Crippen molar-refractivity contribution in [1.29, 1.82) is 5.26 Å². The van der Waals surface area contributed by atoms with Crippen molar-refractivity contribution in [3.05, 3.63) is 33.9 Å². The lowest BCUT2D eigenvalue weighted by atomic mass is 10.1. The van der Waals surface area contributed by atoms with Crippen LogP contribution in [0.15, 0.2) is 18.2 Å². The molecule has 5 heteroatoms. The molecule has 0 saturated heterocycles. The summed E-state index contributed by atoms with van der Waals surface area (Å²) in [7, 11) is 0. The monoisotopic (exact) mass is 259 g/mol. The first kappa shape index (κ1) is 13.3. The van der Waals surface area contributed by atoms with Crippen LogP contribution in [0.2, 0.25) is 0 Å². The molecule has 0 N–H and O–H groups in total. The summed E-state index contributed by atoms with van der Waals surface area (Å²) < 4.78 is 0. The molecule has 100 valence electrons. The SMILES string of the molecule is CCCN(CC1CC1)c1ccc([N+](=O)[O-])c(C#N)c1. The van der Waals surface area contributed by atoms with Crippen LogP contribution in [0.25, 0.3) is 0 Å². The van der Waals surface area contributed by atoms with E-state index in [0.29, 0.717) is 0 Å². The maximum absolute atomic E-state index is 10.8. The van der Waals surface area contributed by atoms with Crippen molar-refractivity contribution in [1.82, 2.24) is 0 Å². The zero-order valence-electron chi connectivity index (χ0n) is 11.0. The molecule has 0 spiro atoms. The molecule has 0 unspecified atom stereocenters. The van der Waals surface area contributed by atoms with Gasteiger partial charge in [0.15, 0.2) is 0 Å². The largest absolute Gasteiger partial charge is 0.371 e. The first-order valence-electron chi connectivity index (χ1n) is 6.59. The second-order valence-electron chi connectivity index (χ2n) is 4.96. The lowest BCUT2D eigenvalue weighted by Gasteiger charge is -2.24. The maximum atomic E-state index is 10.8. The molecular weight excluding hydrogens is 242 g/mol. The minimum Gasteiger partial charge on any atom is -0.371 e. The summed E-state index contributed by atoms with van der Waals surface area (Å²) in [5.74, 6) is 0.743. The predicted octanol–water partition coefficient (Wildman–Crippen LogP) is 3.09. The van der Waals surface area contributed by atoms with E-state index in [4.69, 9.17) is 5.26 Å². The molecule has 0 radical (unpaired) electrons. The van der Waals surface area contributed by atoms with Gasteiger partial charge in [0.2, 0.25) is 0 Å². The summed E-state index contributed by atoms with van der Waals surface area (Å²) >= 11 is 0. The van der Waals surface area contributed by atoms with Crippen molar-refractivity contribution < 1.29 is 4.92 Å². The van der Waals surface area contributed by atoms with Crippen molar-refractivity contribution in [2.24, 2.45) is 5.92 Å². The highest BCUT2D eigenvalue weighted by Gasteiger charge is 2.25. The third-order valence-corrected chi connectivity index (χ3v) is 3.33. The van der Waals surface area contributed by atoms with E-state index in [9.17, 15) is 10.1 Å². The molecule has 0 atom stereocenters. The highest BCUT2D eigenvalue weighted by molar-refractivity contribution is 5.60. The van der Waals surface area contributed by atoms with Gasteiger partial charge < -0.3 is 4.90 Å². The molecule has 1 aromatic rings. The Labute approximate surface area is 112 Å². The summed E-state index contributed by atoms with van der Waals surface area (Å²) in [5, 5.41) is 19.8. The molecule has 2 rings (SSSR count). The first-order valence-corrected chi connectivity index (χ1v) is 6.59. The Bertz CT molecular complexity index is 518. The second-order valence-corrected chi connectivity index (χ2v) is 4.96. The summed E-state index contributed by atoms with van der Waals surface area (Å²) in [6.45, 7) is 4.01. The van der Waals surface area contributed by atoms with Gasteiger partial charge in [-0.2, -0.15) is 5.26 Å². The number of nitriles is 1. The van der Waals surface area contributed by atoms with E-state index in [2.05, 4.69) is 11.8 Å². The molecule has 0 aromatic heterocycles. The summed E-state index contributed by atoms with van der Waals surface area (Å²) in [4.78, 5) is 12.5. The molecule has 0 amide bonds. The maximum Gasteiger partial charge on any atom is 0.287 e. The Morgan fingerprint density at radius 1 is 1.53 bits per heavy atom. The van der Waals surface area contributed by atoms with Gasteiger partial charge in [-0.05, 0) is 37.3 Å². The number of nitrogens with zero attached hydrogens (tertiary/aromatic N) is 3. The number of nitro benzene ring substituents is 1. The average molecular weight is 259 g/mol. The van der Waals surface area contributed by atoms with E-state index in [-0.39, 0.29) is 11.3 Å². The highest BCUT2D eigenvalue weighted by Crippen LogP contribution is 2.32. The molecule has 0 heterocycles. The fourth-order valence-corrected chi connectivity index (χ4v) is 2.18. The Balaban J connectivity index is 2.26. The van der Waals surface area contributed by atoms with Crippen molar-refractivity contribution in [3.63, 3.8) is 0 Å². The number of nitro groups is 1. The van der Waals surface area contributed by atoms with Crippen LogP contribution < -0.4 is 4.90 Å². The lowest BCUT2D eigenvalue weighted by molar-refractivity contribution is -0.385. The zero-order chi connectivity index (χ0) is 13.8. The number of anilines is 1. The Hall–Kier alpha value is -2.09. The van der Waals surface area contributed by atoms with Crippen LogP contribution in [0.1, 0.15) is 31.7 Å². The van der Waals surface area contributed by atoms with Gasteiger partial charge in [0.1, 0.15) is 11.6 Å². The number of rotatable bonds is 6. The van der Waals surface area contributed by atoms with E-state index >= 15 is 0 Å². The molecule has 1 fully saturated rings. The first-order chi connectivity index (χ1) is 9.15. The zero-order valence-corrected chi connectivity index (χ0v) is 11.0. The quantitative estimate of drug-likeness (QED) is 0.581. The molecule has 1 aliphatic rings. The lowest BCUT2D eigenvalue weighted by Crippen LogP contribution is -2.26. The van der Waals surface area contributed by atoms with Gasteiger partial charge in [-0.1, -0.05) is 6.92 Å². The third kappa shape index (κ3) is 3.22. The van der Waals surface area contributed by atoms with Gasteiger partial charge >= 0.3 is 0 Å². The van der Waals surface area contributed by atoms with Crippen LogP contribution in [0.3, 0.4) is 0 Å². The Morgan fingerprint density at radius 3 is 2.79 bits per heavy atom. The fraction of sp³-hybridized carbons (Fsp3) is 0.500. The minimum absolute atomic E-state index is 0.117. The fourth-order valence-electron chi connectivity index (χ4n) is 2.18. The van der Waals surface area contributed by atoms with Crippen molar-refractivity contribution >= 4 is 11.4 Å². The molecular formula is C14H17N3O2. The topological polar surface area (TPSA) is 70.2 Å². The number of hydrogen-bond donors (Lipinski definition) is 0. The smallest absolute Gasteiger partial charge is 0.287 e. The van der Waals surface area contributed by atoms with Crippen molar-refractivity contribution in [2.75, 3.05) is 18.0 Å². The average Bonchev–Trinajstić information content (AvgIpc) is 3.21. The van der Waals surface area contributed by atoms with E-state index < -0.39 is 4.92 Å². The molecule has 1 saturated carbocycles. The van der Waals surface area contributed by atoms with Crippen molar-refractivity contribution in [3.8, 4) is 6.07 Å². The van der Waals surface area contributed by atoms with Crippen LogP contribution in [0, 0.1) is 27.4 Å². The van der Waals surface area contributed by atoms with Crippen LogP contribution in [0.5, 0.6) is 0 Å². The number of benzene rings is 1. The van der Waals surface area contributed by atoms with Gasteiger partial charge in [0.25, 0.3) is 5.69 Å². The van der Waals surface area contributed by atoms with Gasteiger partial charge in [-0.15, -0.1) is 0 Å². The molecule has 1 aliphatic carbocycles. The van der Waals surface area contributed by atoms with Crippen LogP contribution >= 0.6 is 0 Å². The normalized spacial score (nSPS) is 13.9. The van der Waals surface area contributed by atoms with Crippen LogP contribution in [-0.4, -0.2) is 18.0 Å². The van der Waals surface area contributed by atoms with E-state index in [1.807, 2.05) is 6.07 Å². The molecule has 0 aliphatic heterocycles. The van der Waals surface area contributed by atoms with E-state index in [1.54, 1.807) is 12.1 Å². The van der Waals surface area contributed by atoms with Crippen molar-refractivity contribution in [2.45, 2.75) is 26.2 Å². The molecule has 5 nitrogen and oxygen atoms in total. The second kappa shape index (κ2) is 5.70. The standard InChI is InChI=1S/C14H17N3O2/c1-2-7-16(10-11-3-4-11)13-5-6-14(17(18)19)12(8-13)9-15/h5-6,8,11H,2-4,7,10H2,1H3. The summed E-state index contributed by atoms with van der Waals surface area (Å²) in [5.41, 5.74) is 0.935. The molecule has 19 heavy (non-hydrogen) atoms. The van der Waals surface area contributed by atoms with Crippen LogP contribution in [-0.2, 0) is 0 Å². The van der Waals surface area contributed by atoms with Gasteiger partial charge in [0.05, 0.1) is 4.92 Å². The predicted molar refractivity (Wildman–Crippen MR) is 73.0 cm³/mol. The molecule has 0 bridgehead atoms. The summed E-state index contributed by atoms with van der Waals surface area (Å²) in [6.07, 6.45) is 3.54. The van der Waals surface area contributed by atoms with Gasteiger partial charge in [0, 0.05) is 24.8 Å². The van der Waals surface area contributed by atoms with Gasteiger partial charge in [-0.3, -0.25) is 10.1 Å². The van der Waals surface area contributed by atoms with E-state index in [1.165, 1.54) is 18.9 Å². The van der Waals surface area contributed by atoms with E-state index in [0.717, 1.165) is 31.1 Å². The minimum atomic E-state index is -0.507. The van der Waals surface area contributed by atoms with Gasteiger partial charge in [-0.25, -0.2) is 0 Å². The molecule has 1 aromatic carbocycles. The van der Waals surface area contributed by atoms with Crippen LogP contribution in [0.4, 0.5) is 11.4 Å².